The van der Waals surface area contributed by atoms with Gasteiger partial charge in [0.1, 0.15) is 18.1 Å². The third-order valence-corrected chi connectivity index (χ3v) is 3.62. The number of halogens is 3. The van der Waals surface area contributed by atoms with Crippen molar-refractivity contribution in [2.75, 3.05) is 6.61 Å². The topological polar surface area (TPSA) is 73.9 Å². The first-order valence-electron chi connectivity index (χ1n) is 7.77. The maximum Gasteiger partial charge on any atom is 0.440 e. The first kappa shape index (κ1) is 21.2. The van der Waals surface area contributed by atoms with Crippen molar-refractivity contribution in [3.8, 4) is 11.5 Å². The minimum Gasteiger partial charge on any atom is -0.457 e. The van der Waals surface area contributed by atoms with Gasteiger partial charge in [0.2, 0.25) is 3.79 Å². The Morgan fingerprint density at radius 1 is 1.04 bits per heavy atom. The van der Waals surface area contributed by atoms with Gasteiger partial charge in [-0.1, -0.05) is 65.1 Å². The number of carbonyl (C=O) groups excluding carboxylic acids is 2. The van der Waals surface area contributed by atoms with E-state index < -0.39 is 28.4 Å². The zero-order valence-corrected chi connectivity index (χ0v) is 16.4. The van der Waals surface area contributed by atoms with E-state index in [9.17, 15) is 9.59 Å². The van der Waals surface area contributed by atoms with Gasteiger partial charge in [0, 0.05) is 0 Å². The van der Waals surface area contributed by atoms with Crippen LogP contribution >= 0.6 is 34.8 Å². The van der Waals surface area contributed by atoms with Gasteiger partial charge in [0.25, 0.3) is 0 Å². The largest absolute Gasteiger partial charge is 0.457 e. The summed E-state index contributed by atoms with van der Waals surface area (Å²) >= 11 is 16.3. The Kier molecular flexibility index (Phi) is 7.59. The number of ether oxygens (including phenoxy) is 2. The lowest BCUT2D eigenvalue weighted by Crippen LogP contribution is -2.31. The van der Waals surface area contributed by atoms with Crippen LogP contribution in [-0.2, 0) is 14.4 Å². The Balaban J connectivity index is 1.90. The van der Waals surface area contributed by atoms with Crippen LogP contribution < -0.4 is 10.2 Å². The number of benzene rings is 2. The Labute approximate surface area is 171 Å². The highest BCUT2D eigenvalue weighted by Gasteiger charge is 2.23. The molecule has 0 aliphatic rings. The minimum atomic E-state index is -1.76. The third-order valence-electron chi connectivity index (χ3n) is 3.29. The van der Waals surface area contributed by atoms with Gasteiger partial charge in [0.05, 0.1) is 5.92 Å². The molecule has 9 heteroatoms. The van der Waals surface area contributed by atoms with Gasteiger partial charge >= 0.3 is 12.1 Å². The smallest absolute Gasteiger partial charge is 0.440 e. The van der Waals surface area contributed by atoms with Crippen LogP contribution in [0.1, 0.15) is 18.4 Å². The van der Waals surface area contributed by atoms with E-state index in [1.807, 2.05) is 35.8 Å². The van der Waals surface area contributed by atoms with Crippen molar-refractivity contribution in [2.24, 2.45) is 0 Å². The second kappa shape index (κ2) is 9.69. The number of hydrogen-bond acceptors (Lipinski definition) is 5. The molecule has 0 saturated carbocycles. The molecule has 1 atom stereocenters. The van der Waals surface area contributed by atoms with Crippen LogP contribution in [0.3, 0.4) is 0 Å². The number of hydroxylamine groups is 1. The van der Waals surface area contributed by atoms with Crippen molar-refractivity contribution >= 4 is 46.9 Å². The molecule has 27 heavy (non-hydrogen) atoms. The first-order chi connectivity index (χ1) is 12.7. The fourth-order valence-corrected chi connectivity index (χ4v) is 2.13. The van der Waals surface area contributed by atoms with Gasteiger partial charge in [-0.3, -0.25) is 0 Å². The number of hydrogen-bond donors (Lipinski definition) is 1. The van der Waals surface area contributed by atoms with Gasteiger partial charge < -0.3 is 14.3 Å². The second-order valence-corrected chi connectivity index (χ2v) is 7.94. The van der Waals surface area contributed by atoms with E-state index >= 15 is 0 Å². The van der Waals surface area contributed by atoms with E-state index in [2.05, 4.69) is 4.74 Å². The number of amides is 1. The summed E-state index contributed by atoms with van der Waals surface area (Å²) in [5, 5.41) is 0. The van der Waals surface area contributed by atoms with E-state index in [0.29, 0.717) is 17.1 Å². The number of rotatable bonds is 5. The summed E-state index contributed by atoms with van der Waals surface area (Å²) in [5.41, 5.74) is 2.49. The summed E-state index contributed by atoms with van der Waals surface area (Å²) in [5.74, 6) is -0.132. The lowest BCUT2D eigenvalue weighted by Gasteiger charge is -2.14. The van der Waals surface area contributed by atoms with Crippen LogP contribution in [0, 0.1) is 0 Å². The Morgan fingerprint density at radius 2 is 1.70 bits per heavy atom. The van der Waals surface area contributed by atoms with Gasteiger partial charge in [-0.25, -0.2) is 9.59 Å². The lowest BCUT2D eigenvalue weighted by atomic mass is 10.0. The van der Waals surface area contributed by atoms with Crippen molar-refractivity contribution in [3.05, 3.63) is 60.2 Å². The molecule has 1 amide bonds. The summed E-state index contributed by atoms with van der Waals surface area (Å²) in [6, 6.07) is 16.2. The van der Waals surface area contributed by atoms with E-state index in [0.717, 1.165) is 0 Å². The van der Waals surface area contributed by atoms with E-state index in [1.165, 1.54) is 0 Å². The van der Waals surface area contributed by atoms with Crippen molar-refractivity contribution in [2.45, 2.75) is 16.6 Å². The van der Waals surface area contributed by atoms with E-state index in [-0.39, 0.29) is 0 Å². The van der Waals surface area contributed by atoms with Crippen molar-refractivity contribution in [3.63, 3.8) is 0 Å². The SMILES string of the molecule is CC(C(=O)ONC(=O)OCC(Cl)(Cl)Cl)c1cccc(Oc2ccccc2)c1. The molecular weight excluding hydrogens is 417 g/mol. The number of alkyl halides is 3. The van der Waals surface area contributed by atoms with Crippen LogP contribution in [0.2, 0.25) is 0 Å². The molecule has 1 unspecified atom stereocenters. The highest BCUT2D eigenvalue weighted by atomic mass is 35.6. The maximum absolute atomic E-state index is 12.1. The maximum atomic E-state index is 12.1. The summed E-state index contributed by atoms with van der Waals surface area (Å²) in [7, 11) is 0. The molecule has 0 aliphatic heterocycles. The Hall–Kier alpha value is -2.15. The van der Waals surface area contributed by atoms with Crippen LogP contribution in [0.15, 0.2) is 54.6 Å². The molecule has 0 heterocycles. The average Bonchev–Trinajstić information content (AvgIpc) is 2.64. The highest BCUT2D eigenvalue weighted by Crippen LogP contribution is 2.26. The summed E-state index contributed by atoms with van der Waals surface area (Å²) in [6.07, 6.45) is -1.05. The fourth-order valence-electron chi connectivity index (χ4n) is 1.97. The van der Waals surface area contributed by atoms with Crippen LogP contribution in [0.4, 0.5) is 4.79 Å². The van der Waals surface area contributed by atoms with Crippen molar-refractivity contribution in [1.82, 2.24) is 5.48 Å². The highest BCUT2D eigenvalue weighted by molar-refractivity contribution is 6.67. The van der Waals surface area contributed by atoms with Crippen LogP contribution in [0.25, 0.3) is 0 Å². The normalized spacial score (nSPS) is 12.0. The second-order valence-electron chi connectivity index (χ2n) is 5.42. The molecule has 0 aromatic heterocycles. The third kappa shape index (κ3) is 7.54. The molecule has 2 aromatic rings. The van der Waals surface area contributed by atoms with Gasteiger partial charge in [-0.15, -0.1) is 5.48 Å². The molecular formula is C18H16Cl3NO5. The zero-order valence-electron chi connectivity index (χ0n) is 14.2. The predicted octanol–water partition coefficient (Wildman–Crippen LogP) is 5.14. The molecule has 2 aromatic carbocycles. The molecule has 0 aliphatic carbocycles. The fraction of sp³-hybridized carbons (Fsp3) is 0.222. The summed E-state index contributed by atoms with van der Waals surface area (Å²) < 4.78 is 8.56. The van der Waals surface area contributed by atoms with E-state index in [1.54, 1.807) is 31.2 Å². The average molecular weight is 433 g/mol. The molecule has 0 bridgehead atoms. The number of para-hydroxylation sites is 1. The molecule has 144 valence electrons. The quantitative estimate of drug-likeness (QED) is 0.523. The molecule has 0 spiro atoms. The molecule has 0 fully saturated rings. The molecule has 1 N–H and O–H groups in total. The van der Waals surface area contributed by atoms with Crippen molar-refractivity contribution in [1.29, 1.82) is 0 Å². The van der Waals surface area contributed by atoms with Gasteiger partial charge in [-0.05, 0) is 36.8 Å². The predicted molar refractivity (Wildman–Crippen MR) is 102 cm³/mol. The Bertz CT molecular complexity index is 780. The van der Waals surface area contributed by atoms with Gasteiger partial charge in [-0.2, -0.15) is 0 Å². The molecule has 6 nitrogen and oxygen atoms in total. The summed E-state index contributed by atoms with van der Waals surface area (Å²) in [4.78, 5) is 28.2. The minimum absolute atomic E-state index is 0.491. The number of nitrogens with one attached hydrogen (secondary N) is 1. The Morgan fingerprint density at radius 3 is 2.37 bits per heavy atom. The molecule has 0 saturated heterocycles. The van der Waals surface area contributed by atoms with Crippen molar-refractivity contribution < 1.29 is 23.9 Å². The molecule has 0 radical (unpaired) electrons. The van der Waals surface area contributed by atoms with E-state index in [4.69, 9.17) is 44.4 Å². The summed E-state index contributed by atoms with van der Waals surface area (Å²) in [6.45, 7) is 1.13. The number of carbonyl (C=O) groups is 2. The lowest BCUT2D eigenvalue weighted by molar-refractivity contribution is -0.151. The first-order valence-corrected chi connectivity index (χ1v) is 8.91. The monoisotopic (exact) mass is 431 g/mol. The van der Waals surface area contributed by atoms with Crippen LogP contribution in [0.5, 0.6) is 11.5 Å². The standard InChI is InChI=1S/C18H16Cl3NO5/c1-12(16(23)27-22-17(24)25-11-18(19,20)21)13-6-5-9-15(10-13)26-14-7-3-2-4-8-14/h2-10,12H,11H2,1H3,(H,22,24). The van der Waals surface area contributed by atoms with Crippen LogP contribution in [-0.4, -0.2) is 22.5 Å². The zero-order chi connectivity index (χ0) is 19.9. The van der Waals surface area contributed by atoms with Gasteiger partial charge in [0.15, 0.2) is 0 Å². The molecule has 2 rings (SSSR count).